The highest BCUT2D eigenvalue weighted by Crippen LogP contribution is 2.34. The molecule has 0 N–H and O–H groups in total. The van der Waals surface area contributed by atoms with Crippen LogP contribution >= 0.6 is 48.8 Å². The molecule has 0 aliphatic heterocycles. The van der Waals surface area contributed by atoms with Crippen LogP contribution < -0.4 is 0 Å². The number of unbranched alkanes of at least 4 members (excludes halogenated alkanes) is 14. The van der Waals surface area contributed by atoms with Crippen molar-refractivity contribution in [2.75, 3.05) is 11.5 Å². The zero-order chi connectivity index (χ0) is 19.3. The fraction of sp³-hybridized carbons (Fsp3) is 0.909. The highest BCUT2D eigenvalue weighted by Gasteiger charge is 2.02. The van der Waals surface area contributed by atoms with Crippen molar-refractivity contribution in [1.82, 2.24) is 0 Å². The van der Waals surface area contributed by atoms with Crippen molar-refractivity contribution < 1.29 is 0 Å². The second kappa shape index (κ2) is 22.4. The Hall–Kier alpha value is 1.14. The molecule has 0 aliphatic carbocycles. The fourth-order valence-electron chi connectivity index (χ4n) is 2.93. The topological polar surface area (TPSA) is 0 Å². The van der Waals surface area contributed by atoms with E-state index < -0.39 is 0 Å². The van der Waals surface area contributed by atoms with Gasteiger partial charge in [0.05, 0.1) is 8.47 Å². The molecule has 4 heteroatoms. The summed E-state index contributed by atoms with van der Waals surface area (Å²) in [6, 6.07) is 0. The zero-order valence-electron chi connectivity index (χ0n) is 17.4. The number of thioether (sulfide) groups is 2. The van der Waals surface area contributed by atoms with Crippen LogP contribution in [0.5, 0.6) is 0 Å². The van der Waals surface area contributed by atoms with Gasteiger partial charge in [-0.05, 0) is 24.3 Å². The van der Waals surface area contributed by atoms with E-state index in [0.717, 1.165) is 8.47 Å². The summed E-state index contributed by atoms with van der Waals surface area (Å²) >= 11 is 13.1. The predicted molar refractivity (Wildman–Crippen MR) is 135 cm³/mol. The van der Waals surface area contributed by atoms with Crippen molar-refractivity contribution in [3.8, 4) is 0 Å². The number of hydrogen-bond donors (Lipinski definition) is 2. The van der Waals surface area contributed by atoms with E-state index in [4.69, 9.17) is 0 Å². The minimum absolute atomic E-state index is 1.13. The molecule has 0 amide bonds. The third kappa shape index (κ3) is 19.9. The first kappa shape index (κ1) is 27.1. The van der Waals surface area contributed by atoms with E-state index in [0.29, 0.717) is 0 Å². The molecule has 0 aliphatic rings. The maximum atomic E-state index is 4.64. The van der Waals surface area contributed by atoms with Crippen LogP contribution in [0.2, 0.25) is 0 Å². The lowest BCUT2D eigenvalue weighted by Gasteiger charge is -2.06. The Labute approximate surface area is 184 Å². The first-order valence-electron chi connectivity index (χ1n) is 11.1. The van der Waals surface area contributed by atoms with Crippen molar-refractivity contribution in [3.05, 3.63) is 8.47 Å². The van der Waals surface area contributed by atoms with Crippen molar-refractivity contribution in [3.63, 3.8) is 0 Å². The van der Waals surface area contributed by atoms with E-state index in [9.17, 15) is 0 Å². The molecule has 0 nitrogen and oxygen atoms in total. The van der Waals surface area contributed by atoms with Gasteiger partial charge in [0.2, 0.25) is 0 Å². The SMILES string of the molecule is CCCCCCCCCCS/C(S)=C(\S)SCCCCCCCCCC. The molecule has 0 heterocycles. The van der Waals surface area contributed by atoms with Gasteiger partial charge >= 0.3 is 0 Å². The normalized spacial score (nSPS) is 12.5. The lowest BCUT2D eigenvalue weighted by atomic mass is 10.1. The molecule has 156 valence electrons. The molecular weight excluding hydrogens is 393 g/mol. The summed E-state index contributed by atoms with van der Waals surface area (Å²) in [6.45, 7) is 4.56. The van der Waals surface area contributed by atoms with Gasteiger partial charge in [-0.15, -0.1) is 48.8 Å². The first-order chi connectivity index (χ1) is 12.7. The largest absolute Gasteiger partial charge is 0.135 e. The van der Waals surface area contributed by atoms with Crippen LogP contribution in [0, 0.1) is 0 Å². The lowest BCUT2D eigenvalue weighted by molar-refractivity contribution is 0.586. The van der Waals surface area contributed by atoms with E-state index in [-0.39, 0.29) is 0 Å². The quantitative estimate of drug-likeness (QED) is 0.144. The fourth-order valence-corrected chi connectivity index (χ4v) is 5.55. The van der Waals surface area contributed by atoms with Gasteiger partial charge < -0.3 is 0 Å². The van der Waals surface area contributed by atoms with Gasteiger partial charge in [-0.1, -0.05) is 104 Å². The van der Waals surface area contributed by atoms with Crippen LogP contribution in [-0.4, -0.2) is 11.5 Å². The summed E-state index contributed by atoms with van der Waals surface area (Å²) < 4.78 is 2.25. The van der Waals surface area contributed by atoms with Gasteiger partial charge in [-0.2, -0.15) is 0 Å². The predicted octanol–water partition coefficient (Wildman–Crippen LogP) is 9.72. The van der Waals surface area contributed by atoms with Crippen LogP contribution in [0.4, 0.5) is 0 Å². The standard InChI is InChI=1S/C22H44S4/c1-3-5-7-9-11-13-15-17-19-25-21(23)22(24)26-20-18-16-14-12-10-8-6-4-2/h23-24H,3-20H2,1-2H3/b22-21+. The van der Waals surface area contributed by atoms with Crippen LogP contribution in [0.1, 0.15) is 117 Å². The van der Waals surface area contributed by atoms with Crippen molar-refractivity contribution >= 4 is 48.8 Å². The molecule has 26 heavy (non-hydrogen) atoms. The molecule has 0 aromatic heterocycles. The summed E-state index contributed by atoms with van der Waals surface area (Å²) in [4.78, 5) is 0. The molecular formula is C22H44S4. The number of rotatable bonds is 20. The van der Waals surface area contributed by atoms with Gasteiger partial charge in [0, 0.05) is 0 Å². The summed E-state index contributed by atoms with van der Waals surface area (Å²) in [7, 11) is 0. The molecule has 0 atom stereocenters. The molecule has 0 saturated carbocycles. The second-order valence-electron chi connectivity index (χ2n) is 7.26. The van der Waals surface area contributed by atoms with Crippen molar-refractivity contribution in [2.45, 2.75) is 117 Å². The molecule has 0 rings (SSSR count). The third-order valence-corrected chi connectivity index (χ3v) is 8.43. The highest BCUT2D eigenvalue weighted by atomic mass is 32.2. The zero-order valence-corrected chi connectivity index (χ0v) is 20.9. The molecule has 0 aromatic carbocycles. The maximum absolute atomic E-state index is 4.64. The second-order valence-corrected chi connectivity index (χ2v) is 11.0. The Morgan fingerprint density at radius 2 is 0.731 bits per heavy atom. The Balaban J connectivity index is 3.43. The Kier molecular flexibility index (Phi) is 23.4. The smallest absolute Gasteiger partial charge is 0.0569 e. The molecule has 0 spiro atoms. The number of hydrogen-bond acceptors (Lipinski definition) is 4. The number of thiol groups is 2. The summed E-state index contributed by atoms with van der Waals surface area (Å²) in [5.74, 6) is 2.38. The van der Waals surface area contributed by atoms with Crippen LogP contribution in [0.15, 0.2) is 8.47 Å². The van der Waals surface area contributed by atoms with Crippen molar-refractivity contribution in [1.29, 1.82) is 0 Å². The summed E-state index contributed by atoms with van der Waals surface area (Å²) in [5, 5.41) is 0. The average molecular weight is 437 g/mol. The van der Waals surface area contributed by atoms with Gasteiger partial charge in [0.1, 0.15) is 0 Å². The molecule has 0 radical (unpaired) electrons. The minimum Gasteiger partial charge on any atom is -0.135 e. The Morgan fingerprint density at radius 3 is 1.04 bits per heavy atom. The van der Waals surface area contributed by atoms with Gasteiger partial charge in [0.25, 0.3) is 0 Å². The molecule has 0 bridgehead atoms. The van der Waals surface area contributed by atoms with Gasteiger partial charge in [0.15, 0.2) is 0 Å². The van der Waals surface area contributed by atoms with Crippen LogP contribution in [-0.2, 0) is 0 Å². The van der Waals surface area contributed by atoms with Gasteiger partial charge in [-0.25, -0.2) is 0 Å². The summed E-state index contributed by atoms with van der Waals surface area (Å²) in [6.07, 6.45) is 22.2. The Morgan fingerprint density at radius 1 is 0.462 bits per heavy atom. The highest BCUT2D eigenvalue weighted by molar-refractivity contribution is 8.21. The molecule has 0 aromatic rings. The minimum atomic E-state index is 1.13. The van der Waals surface area contributed by atoms with E-state index in [2.05, 4.69) is 39.1 Å². The van der Waals surface area contributed by atoms with E-state index in [1.165, 1.54) is 114 Å². The average Bonchev–Trinajstić information content (AvgIpc) is 2.65. The first-order valence-corrected chi connectivity index (χ1v) is 14.0. The van der Waals surface area contributed by atoms with Gasteiger partial charge in [-0.3, -0.25) is 0 Å². The molecule has 0 unspecified atom stereocenters. The van der Waals surface area contributed by atoms with Crippen LogP contribution in [0.25, 0.3) is 0 Å². The molecule has 0 fully saturated rings. The van der Waals surface area contributed by atoms with Crippen molar-refractivity contribution in [2.24, 2.45) is 0 Å². The Bertz CT molecular complexity index is 285. The van der Waals surface area contributed by atoms with E-state index >= 15 is 0 Å². The van der Waals surface area contributed by atoms with Crippen LogP contribution in [0.3, 0.4) is 0 Å². The summed E-state index contributed by atoms with van der Waals surface area (Å²) in [5.41, 5.74) is 0. The lowest BCUT2D eigenvalue weighted by Crippen LogP contribution is -1.85. The molecule has 0 saturated heterocycles. The van der Waals surface area contributed by atoms with E-state index in [1.54, 1.807) is 0 Å². The van der Waals surface area contributed by atoms with E-state index in [1.807, 2.05) is 23.5 Å². The monoisotopic (exact) mass is 436 g/mol. The maximum Gasteiger partial charge on any atom is 0.0569 e. The third-order valence-electron chi connectivity index (χ3n) is 4.66.